The predicted octanol–water partition coefficient (Wildman–Crippen LogP) is 19.9. The molecule has 0 unspecified atom stereocenters. The van der Waals surface area contributed by atoms with Gasteiger partial charge in [-0.2, -0.15) is 0 Å². The van der Waals surface area contributed by atoms with E-state index in [1.165, 1.54) is 218 Å². The number of ketones is 2. The molecule has 1 aromatic carbocycles. The molecule has 1 saturated carbocycles. The molecule has 1 heterocycles. The summed E-state index contributed by atoms with van der Waals surface area (Å²) in [6.07, 6.45) is 57.4. The normalized spacial score (nSPS) is 14.6. The third-order valence-corrected chi connectivity index (χ3v) is 15.9. The van der Waals surface area contributed by atoms with Crippen LogP contribution in [0.15, 0.2) is 36.5 Å². The summed E-state index contributed by atoms with van der Waals surface area (Å²) < 4.78 is 2.35. The molecule has 8 heteroatoms. The molecule has 0 spiro atoms. The Morgan fingerprint density at radius 1 is 0.453 bits per heavy atom. The number of benzene rings is 1. The maximum absolute atomic E-state index is 14.1. The van der Waals surface area contributed by atoms with Gasteiger partial charge in [0.05, 0.1) is 11.9 Å². The van der Waals surface area contributed by atoms with E-state index in [-0.39, 0.29) is 23.4 Å². The molecule has 0 aliphatic heterocycles. The Kier molecular flexibility index (Phi) is 38.8. The maximum Gasteiger partial charge on any atom is 0.224 e. The van der Waals surface area contributed by atoms with Gasteiger partial charge in [0.25, 0.3) is 0 Å². The number of nitrogens with one attached hydrogen (secondary N) is 2. The Morgan fingerprint density at radius 2 is 0.840 bits per heavy atom. The number of hydrogen-bond donors (Lipinski definition) is 2. The third kappa shape index (κ3) is 29.6. The molecule has 2 N–H and O–H groups in total. The lowest BCUT2D eigenvalue weighted by Crippen LogP contribution is -2.45. The zero-order chi connectivity index (χ0) is 53.8. The summed E-state index contributed by atoms with van der Waals surface area (Å²) in [4.78, 5) is 59.7. The molecule has 3 rings (SSSR count). The highest BCUT2D eigenvalue weighted by molar-refractivity contribution is 6.31. The molecule has 0 saturated heterocycles. The number of amides is 2. The minimum absolute atomic E-state index is 0.0644. The van der Waals surface area contributed by atoms with Crippen LogP contribution in [0.4, 0.5) is 17.1 Å². The van der Waals surface area contributed by atoms with Crippen LogP contribution in [0.1, 0.15) is 333 Å². The smallest absolute Gasteiger partial charge is 0.224 e. The number of carbonyl (C=O) groups excluding carboxylic acids is 4. The summed E-state index contributed by atoms with van der Waals surface area (Å²) in [5.74, 6) is -2.53. The third-order valence-electron chi connectivity index (χ3n) is 15.9. The first-order valence-corrected chi connectivity index (χ1v) is 32.2. The van der Waals surface area contributed by atoms with E-state index in [0.29, 0.717) is 35.5 Å². The molecular weight excluding hydrogens is 925 g/mol. The molecule has 424 valence electrons. The van der Waals surface area contributed by atoms with Gasteiger partial charge in [-0.1, -0.05) is 265 Å². The van der Waals surface area contributed by atoms with Crippen molar-refractivity contribution in [3.05, 3.63) is 47.8 Å². The van der Waals surface area contributed by atoms with Crippen LogP contribution >= 0.6 is 0 Å². The van der Waals surface area contributed by atoms with Gasteiger partial charge >= 0.3 is 0 Å². The topological polar surface area (TPSA) is 108 Å². The highest BCUT2D eigenvalue weighted by Gasteiger charge is 2.52. The number of hydrogen-bond acceptors (Lipinski definition) is 5. The molecule has 75 heavy (non-hydrogen) atoms. The lowest BCUT2D eigenvalue weighted by atomic mass is 9.67. The molecule has 1 aromatic heterocycles. The van der Waals surface area contributed by atoms with Gasteiger partial charge in [0.1, 0.15) is 24.6 Å². The largest absolute Gasteiger partial charge is 0.326 e. The molecule has 0 atom stereocenters. The van der Waals surface area contributed by atoms with Crippen LogP contribution in [0.3, 0.4) is 0 Å². The van der Waals surface area contributed by atoms with Crippen LogP contribution in [0.2, 0.25) is 0 Å². The number of anilines is 2. The van der Waals surface area contributed by atoms with E-state index >= 15 is 0 Å². The van der Waals surface area contributed by atoms with Crippen LogP contribution in [-0.4, -0.2) is 45.7 Å². The number of pyridine rings is 1. The Labute approximate surface area is 460 Å². The van der Waals surface area contributed by atoms with Gasteiger partial charge in [-0.15, -0.1) is 0 Å². The van der Waals surface area contributed by atoms with Crippen molar-refractivity contribution in [2.75, 3.05) is 17.2 Å². The first-order valence-electron chi connectivity index (χ1n) is 32.2. The zero-order valence-electron chi connectivity index (χ0n) is 49.0. The van der Waals surface area contributed by atoms with E-state index in [0.717, 1.165) is 63.6 Å². The van der Waals surface area contributed by atoms with E-state index in [4.69, 9.17) is 4.98 Å². The SMILES string of the molecule is CCCCCCCCCCCC=[N+](CCCCCCCCCCCC)c1ccc(C2C(=O)C(c3ccc(NC(=O)CCCCCCCCCCCCC)cc3NC(=O)CCCCCCCCCCCCC)C2=O)nc1. The van der Waals surface area contributed by atoms with E-state index < -0.39 is 11.8 Å². The Morgan fingerprint density at radius 3 is 1.25 bits per heavy atom. The quantitative estimate of drug-likeness (QED) is 0.0297. The molecular formula is C67H113N4O4+. The minimum atomic E-state index is -0.993. The van der Waals surface area contributed by atoms with Gasteiger partial charge in [0, 0.05) is 43.1 Å². The summed E-state index contributed by atoms with van der Waals surface area (Å²) in [7, 11) is 0. The van der Waals surface area contributed by atoms with Crippen molar-refractivity contribution in [3.63, 3.8) is 0 Å². The van der Waals surface area contributed by atoms with Crippen molar-refractivity contribution in [2.45, 2.75) is 322 Å². The fourth-order valence-electron chi connectivity index (χ4n) is 11.0. The van der Waals surface area contributed by atoms with Crippen LogP contribution in [-0.2, 0) is 19.2 Å². The molecule has 0 radical (unpaired) electrons. The van der Waals surface area contributed by atoms with Crippen molar-refractivity contribution in [2.24, 2.45) is 0 Å². The van der Waals surface area contributed by atoms with Crippen LogP contribution < -0.4 is 10.6 Å². The van der Waals surface area contributed by atoms with Gasteiger partial charge in [0.15, 0.2) is 11.6 Å². The van der Waals surface area contributed by atoms with E-state index in [2.05, 4.69) is 49.1 Å². The fourth-order valence-corrected chi connectivity index (χ4v) is 11.0. The summed E-state index contributed by atoms with van der Waals surface area (Å²) in [5.41, 5.74) is 2.96. The van der Waals surface area contributed by atoms with E-state index in [1.54, 1.807) is 18.2 Å². The second-order valence-electron chi connectivity index (χ2n) is 22.8. The highest BCUT2D eigenvalue weighted by Crippen LogP contribution is 2.43. The Balaban J connectivity index is 1.64. The molecule has 1 fully saturated rings. The number of rotatable bonds is 50. The molecule has 2 aromatic rings. The first kappa shape index (κ1) is 65.6. The predicted molar refractivity (Wildman–Crippen MR) is 320 cm³/mol. The van der Waals surface area contributed by atoms with Crippen molar-refractivity contribution in [1.82, 2.24) is 4.98 Å². The van der Waals surface area contributed by atoms with Crippen LogP contribution in [0.25, 0.3) is 0 Å². The van der Waals surface area contributed by atoms with Gasteiger partial charge in [-0.3, -0.25) is 24.2 Å². The highest BCUT2D eigenvalue weighted by atomic mass is 16.2. The molecule has 1 aliphatic carbocycles. The van der Waals surface area contributed by atoms with Crippen molar-refractivity contribution >= 4 is 46.7 Å². The summed E-state index contributed by atoms with van der Waals surface area (Å²) in [6.45, 7) is 9.99. The number of Topliss-reactive ketones (excluding diaryl/α,β-unsaturated/α-hetero) is 2. The summed E-state index contributed by atoms with van der Waals surface area (Å²) in [5, 5.41) is 6.12. The van der Waals surface area contributed by atoms with E-state index in [9.17, 15) is 19.2 Å². The van der Waals surface area contributed by atoms with Gasteiger partial charge in [0.2, 0.25) is 17.5 Å². The van der Waals surface area contributed by atoms with Gasteiger partial charge < -0.3 is 10.6 Å². The number of carbonyl (C=O) groups is 4. The molecule has 0 bridgehead atoms. The maximum atomic E-state index is 14.1. The monoisotopic (exact) mass is 1040 g/mol. The first-order chi connectivity index (χ1) is 36.8. The fraction of sp³-hybridized carbons (Fsp3) is 0.761. The summed E-state index contributed by atoms with van der Waals surface area (Å²) in [6, 6.07) is 9.16. The second kappa shape index (κ2) is 44.3. The average Bonchev–Trinajstić information content (AvgIpc) is 3.41. The second-order valence-corrected chi connectivity index (χ2v) is 22.8. The summed E-state index contributed by atoms with van der Waals surface area (Å²) >= 11 is 0. The average molecular weight is 1040 g/mol. The number of nitrogens with zero attached hydrogens (tertiary/aromatic N) is 2. The number of aromatic nitrogens is 1. The number of unbranched alkanes of at least 4 members (excludes halogenated alkanes) is 38. The Hall–Kier alpha value is -3.68. The lowest BCUT2D eigenvalue weighted by molar-refractivity contribution is -0.438. The van der Waals surface area contributed by atoms with Crippen molar-refractivity contribution in [1.29, 1.82) is 0 Å². The Bertz CT molecular complexity index is 1810. The molecule has 8 nitrogen and oxygen atoms in total. The van der Waals surface area contributed by atoms with Gasteiger partial charge in [-0.05, 0) is 49.4 Å². The van der Waals surface area contributed by atoms with Crippen LogP contribution in [0.5, 0.6) is 0 Å². The standard InChI is InChI=1S/C67H112N4O4/c1-5-9-13-17-21-25-29-31-35-39-43-47-62(72)69-57-49-51-59(61(55-57)70-63(73)48-44-40-36-32-30-26-22-18-14-10-6-2)64-66(74)65(67(64)75)60-52-50-58(56-68-60)71(53-45-41-37-33-27-23-19-15-11-7-3)54-46-42-38-34-28-24-20-16-12-8-4/h49-53,55-56,64-65H,5-48,54H2,1-4H3,(H-,69,70,72,73)/p+1. The molecule has 1 aliphatic rings. The van der Waals surface area contributed by atoms with Crippen molar-refractivity contribution in [3.8, 4) is 0 Å². The van der Waals surface area contributed by atoms with E-state index in [1.807, 2.05) is 18.3 Å². The molecule has 2 amide bonds. The van der Waals surface area contributed by atoms with Crippen LogP contribution in [0, 0.1) is 0 Å². The minimum Gasteiger partial charge on any atom is -0.326 e. The van der Waals surface area contributed by atoms with Crippen molar-refractivity contribution < 1.29 is 23.8 Å². The van der Waals surface area contributed by atoms with Gasteiger partial charge in [-0.25, -0.2) is 4.58 Å². The zero-order valence-corrected chi connectivity index (χ0v) is 49.0. The lowest BCUT2D eigenvalue weighted by Gasteiger charge is -2.33.